The van der Waals surface area contributed by atoms with Gasteiger partial charge in [-0.05, 0) is 30.9 Å². The van der Waals surface area contributed by atoms with Crippen LogP contribution in [0, 0.1) is 5.92 Å². The lowest BCUT2D eigenvalue weighted by molar-refractivity contribution is 0.442. The first-order chi connectivity index (χ1) is 6.90. The molecule has 1 aromatic heterocycles. The summed E-state index contributed by atoms with van der Waals surface area (Å²) < 4.78 is 0. The summed E-state index contributed by atoms with van der Waals surface area (Å²) in [4.78, 5) is 6.52. The SMILES string of the molecule is ClCC1CCN(c2cccnc2)CC1. The Morgan fingerprint density at radius 3 is 2.79 bits per heavy atom. The number of hydrogen-bond acceptors (Lipinski definition) is 2. The number of pyridine rings is 1. The van der Waals surface area contributed by atoms with Crippen LogP contribution in [-0.2, 0) is 0 Å². The Labute approximate surface area is 89.9 Å². The molecule has 1 saturated heterocycles. The number of hydrogen-bond donors (Lipinski definition) is 0. The lowest BCUT2D eigenvalue weighted by Crippen LogP contribution is -2.34. The van der Waals surface area contributed by atoms with Crippen molar-refractivity contribution in [1.29, 1.82) is 0 Å². The first kappa shape index (κ1) is 9.78. The van der Waals surface area contributed by atoms with Crippen LogP contribution in [0.3, 0.4) is 0 Å². The molecule has 0 aliphatic carbocycles. The third-order valence-electron chi connectivity index (χ3n) is 2.84. The van der Waals surface area contributed by atoms with Crippen LogP contribution >= 0.6 is 11.6 Å². The molecule has 0 saturated carbocycles. The average Bonchev–Trinajstić information content (AvgIpc) is 2.30. The zero-order chi connectivity index (χ0) is 9.80. The van der Waals surface area contributed by atoms with Gasteiger partial charge in [0.15, 0.2) is 0 Å². The van der Waals surface area contributed by atoms with E-state index in [4.69, 9.17) is 11.6 Å². The van der Waals surface area contributed by atoms with E-state index >= 15 is 0 Å². The number of piperidine rings is 1. The molecule has 0 N–H and O–H groups in total. The molecular formula is C11H15ClN2. The zero-order valence-electron chi connectivity index (χ0n) is 8.19. The van der Waals surface area contributed by atoms with E-state index in [1.807, 2.05) is 18.5 Å². The van der Waals surface area contributed by atoms with Gasteiger partial charge in [0, 0.05) is 25.2 Å². The quantitative estimate of drug-likeness (QED) is 0.698. The molecule has 0 spiro atoms. The highest BCUT2D eigenvalue weighted by Gasteiger charge is 2.18. The molecule has 2 nitrogen and oxygen atoms in total. The molecule has 2 rings (SSSR count). The summed E-state index contributed by atoms with van der Waals surface area (Å²) in [6.07, 6.45) is 6.16. The largest absolute Gasteiger partial charge is 0.370 e. The fraction of sp³-hybridized carbons (Fsp3) is 0.545. The summed E-state index contributed by atoms with van der Waals surface area (Å²) in [5.41, 5.74) is 1.24. The van der Waals surface area contributed by atoms with Crippen LogP contribution < -0.4 is 4.90 Å². The standard InChI is InChI=1S/C11H15ClN2/c12-8-10-3-6-14(7-4-10)11-2-1-5-13-9-11/h1-2,5,9-10H,3-4,6-8H2. The molecule has 76 valence electrons. The molecule has 0 atom stereocenters. The molecule has 3 heteroatoms. The fourth-order valence-corrected chi connectivity index (χ4v) is 2.19. The summed E-state index contributed by atoms with van der Waals surface area (Å²) in [6, 6.07) is 4.11. The lowest BCUT2D eigenvalue weighted by atomic mass is 9.99. The van der Waals surface area contributed by atoms with E-state index in [0.717, 1.165) is 19.0 Å². The molecule has 1 fully saturated rings. The van der Waals surface area contributed by atoms with Gasteiger partial charge in [0.2, 0.25) is 0 Å². The van der Waals surface area contributed by atoms with Crippen molar-refractivity contribution in [2.24, 2.45) is 5.92 Å². The van der Waals surface area contributed by atoms with Crippen LogP contribution in [0.25, 0.3) is 0 Å². The average molecular weight is 211 g/mol. The second-order valence-electron chi connectivity index (χ2n) is 3.80. The number of nitrogens with zero attached hydrogens (tertiary/aromatic N) is 2. The van der Waals surface area contributed by atoms with Gasteiger partial charge < -0.3 is 4.90 Å². The Morgan fingerprint density at radius 2 is 2.21 bits per heavy atom. The predicted molar refractivity (Wildman–Crippen MR) is 59.9 cm³/mol. The normalized spacial score (nSPS) is 18.5. The van der Waals surface area contributed by atoms with Crippen LogP contribution in [0.5, 0.6) is 0 Å². The Bertz CT molecular complexity index is 268. The summed E-state index contributed by atoms with van der Waals surface area (Å²) in [7, 11) is 0. The molecule has 2 heterocycles. The van der Waals surface area contributed by atoms with Gasteiger partial charge in [-0.15, -0.1) is 11.6 Å². The predicted octanol–water partition coefficient (Wildman–Crippen LogP) is 2.54. The van der Waals surface area contributed by atoms with Crippen molar-refractivity contribution < 1.29 is 0 Å². The van der Waals surface area contributed by atoms with E-state index < -0.39 is 0 Å². The van der Waals surface area contributed by atoms with Crippen molar-refractivity contribution in [1.82, 2.24) is 4.98 Å². The van der Waals surface area contributed by atoms with E-state index in [0.29, 0.717) is 5.92 Å². The second kappa shape index (κ2) is 4.65. The van der Waals surface area contributed by atoms with E-state index in [1.165, 1.54) is 18.5 Å². The van der Waals surface area contributed by atoms with Crippen molar-refractivity contribution in [3.8, 4) is 0 Å². The highest BCUT2D eigenvalue weighted by Crippen LogP contribution is 2.22. The van der Waals surface area contributed by atoms with Gasteiger partial charge in [-0.2, -0.15) is 0 Å². The van der Waals surface area contributed by atoms with E-state index in [9.17, 15) is 0 Å². The highest BCUT2D eigenvalue weighted by molar-refractivity contribution is 6.18. The van der Waals surface area contributed by atoms with Gasteiger partial charge in [-0.1, -0.05) is 0 Å². The lowest BCUT2D eigenvalue weighted by Gasteiger charge is -2.32. The van der Waals surface area contributed by atoms with Crippen LogP contribution in [0.15, 0.2) is 24.5 Å². The van der Waals surface area contributed by atoms with Gasteiger partial charge in [0.05, 0.1) is 11.9 Å². The van der Waals surface area contributed by atoms with Crippen LogP contribution in [-0.4, -0.2) is 24.0 Å². The number of rotatable bonds is 2. The first-order valence-electron chi connectivity index (χ1n) is 5.11. The molecule has 0 amide bonds. The van der Waals surface area contributed by atoms with E-state index in [2.05, 4.69) is 16.0 Å². The Kier molecular flexibility index (Phi) is 3.25. The fourth-order valence-electron chi connectivity index (χ4n) is 1.89. The molecule has 0 bridgehead atoms. The highest BCUT2D eigenvalue weighted by atomic mass is 35.5. The maximum Gasteiger partial charge on any atom is 0.0552 e. The van der Waals surface area contributed by atoms with E-state index in [-0.39, 0.29) is 0 Å². The molecule has 1 aromatic rings. The Hall–Kier alpha value is -0.760. The van der Waals surface area contributed by atoms with Gasteiger partial charge in [0.1, 0.15) is 0 Å². The Morgan fingerprint density at radius 1 is 1.43 bits per heavy atom. The third-order valence-corrected chi connectivity index (χ3v) is 3.28. The molecule has 0 radical (unpaired) electrons. The monoisotopic (exact) mass is 210 g/mol. The van der Waals surface area contributed by atoms with Gasteiger partial charge in [-0.25, -0.2) is 0 Å². The Balaban J connectivity index is 1.96. The summed E-state index contributed by atoms with van der Waals surface area (Å²) in [5, 5.41) is 0. The number of alkyl halides is 1. The first-order valence-corrected chi connectivity index (χ1v) is 5.64. The van der Waals surface area contributed by atoms with Crippen molar-refractivity contribution in [3.05, 3.63) is 24.5 Å². The van der Waals surface area contributed by atoms with Crippen molar-refractivity contribution in [2.75, 3.05) is 23.9 Å². The minimum absolute atomic E-state index is 0.713. The summed E-state index contributed by atoms with van der Waals surface area (Å²) in [6.45, 7) is 2.23. The van der Waals surface area contributed by atoms with Gasteiger partial charge >= 0.3 is 0 Å². The van der Waals surface area contributed by atoms with Crippen LogP contribution in [0.1, 0.15) is 12.8 Å². The van der Waals surface area contributed by atoms with Gasteiger partial charge in [0.25, 0.3) is 0 Å². The van der Waals surface area contributed by atoms with Crippen molar-refractivity contribution in [2.45, 2.75) is 12.8 Å². The second-order valence-corrected chi connectivity index (χ2v) is 4.10. The van der Waals surface area contributed by atoms with Gasteiger partial charge in [-0.3, -0.25) is 4.98 Å². The minimum atomic E-state index is 0.713. The summed E-state index contributed by atoms with van der Waals surface area (Å²) in [5.74, 6) is 1.52. The van der Waals surface area contributed by atoms with E-state index in [1.54, 1.807) is 0 Å². The minimum Gasteiger partial charge on any atom is -0.370 e. The summed E-state index contributed by atoms with van der Waals surface area (Å²) >= 11 is 5.84. The van der Waals surface area contributed by atoms with Crippen molar-refractivity contribution >= 4 is 17.3 Å². The molecule has 0 unspecified atom stereocenters. The van der Waals surface area contributed by atoms with Crippen molar-refractivity contribution in [3.63, 3.8) is 0 Å². The number of anilines is 1. The zero-order valence-corrected chi connectivity index (χ0v) is 8.95. The maximum absolute atomic E-state index is 5.84. The van der Waals surface area contributed by atoms with Crippen LogP contribution in [0.4, 0.5) is 5.69 Å². The number of aromatic nitrogens is 1. The smallest absolute Gasteiger partial charge is 0.0552 e. The molecule has 1 aliphatic heterocycles. The molecule has 0 aromatic carbocycles. The topological polar surface area (TPSA) is 16.1 Å². The molecule has 14 heavy (non-hydrogen) atoms. The maximum atomic E-state index is 5.84. The molecular weight excluding hydrogens is 196 g/mol. The number of halogens is 1. The third kappa shape index (κ3) is 2.18. The molecule has 1 aliphatic rings. The van der Waals surface area contributed by atoms with Crippen LogP contribution in [0.2, 0.25) is 0 Å².